The fraction of sp³-hybridized carbons (Fsp3) is 0.296. The Bertz CT molecular complexity index is 1670. The number of nitrogens with one attached hydrogen (secondary N) is 1. The Morgan fingerprint density at radius 3 is 2.37 bits per heavy atom. The zero-order valence-electron chi connectivity index (χ0n) is 22.6. The van der Waals surface area contributed by atoms with Crippen molar-refractivity contribution in [3.05, 3.63) is 72.1 Å². The van der Waals surface area contributed by atoms with Crippen LogP contribution in [0.5, 0.6) is 11.6 Å². The summed E-state index contributed by atoms with van der Waals surface area (Å²) in [5.74, 6) is -1.29. The van der Waals surface area contributed by atoms with Gasteiger partial charge in [-0.2, -0.15) is 23.3 Å². The highest BCUT2D eigenvalue weighted by molar-refractivity contribution is 7.92. The van der Waals surface area contributed by atoms with Crippen molar-refractivity contribution in [3.8, 4) is 22.9 Å². The van der Waals surface area contributed by atoms with Crippen LogP contribution in [0.2, 0.25) is 0 Å². The van der Waals surface area contributed by atoms with Gasteiger partial charge in [0.25, 0.3) is 10.0 Å². The van der Waals surface area contributed by atoms with Crippen LogP contribution in [0.4, 0.5) is 24.8 Å². The standard InChI is InChI=1S/C27H28F3N7O3S/c1-18-7-4-5-10-22(18)24-23(27(28,29)30)25(33-26(32-24)34-41(38,39)21-16-31-36(3)17-21)40-20-9-6-8-19(15-20)37-13-11-35(2)12-14-37/h4-10,15-17H,11-14H2,1-3H3,(H,32,33,34). The van der Waals surface area contributed by atoms with E-state index in [0.717, 1.165) is 38.1 Å². The lowest BCUT2D eigenvalue weighted by molar-refractivity contribution is -0.138. The maximum absolute atomic E-state index is 14.7. The molecule has 216 valence electrons. The third-order valence-electron chi connectivity index (χ3n) is 6.68. The summed E-state index contributed by atoms with van der Waals surface area (Å²) in [5, 5.41) is 3.85. The molecule has 0 spiro atoms. The van der Waals surface area contributed by atoms with Crippen molar-refractivity contribution in [2.24, 2.45) is 7.05 Å². The monoisotopic (exact) mass is 587 g/mol. The molecule has 2 aromatic carbocycles. The molecule has 3 heterocycles. The molecule has 0 amide bonds. The Labute approximate surface area is 235 Å². The van der Waals surface area contributed by atoms with Crippen molar-refractivity contribution in [1.29, 1.82) is 0 Å². The second-order valence-corrected chi connectivity index (χ2v) is 11.4. The Morgan fingerprint density at radius 2 is 1.71 bits per heavy atom. The van der Waals surface area contributed by atoms with Crippen LogP contribution in [0.3, 0.4) is 0 Å². The Hall–Kier alpha value is -4.17. The molecule has 0 saturated carbocycles. The zero-order chi connectivity index (χ0) is 29.4. The summed E-state index contributed by atoms with van der Waals surface area (Å²) < 4.78 is 79.2. The minimum atomic E-state index is -4.93. The first kappa shape index (κ1) is 28.4. The topological polar surface area (TPSA) is 105 Å². The fourth-order valence-corrected chi connectivity index (χ4v) is 5.41. The van der Waals surface area contributed by atoms with E-state index in [9.17, 15) is 21.6 Å². The van der Waals surface area contributed by atoms with Gasteiger partial charge in [-0.1, -0.05) is 30.3 Å². The largest absolute Gasteiger partial charge is 0.438 e. The van der Waals surface area contributed by atoms with Crippen molar-refractivity contribution >= 4 is 21.7 Å². The van der Waals surface area contributed by atoms with Crippen molar-refractivity contribution in [3.63, 3.8) is 0 Å². The average Bonchev–Trinajstić information content (AvgIpc) is 3.36. The second-order valence-electron chi connectivity index (χ2n) is 9.73. The number of aromatic nitrogens is 4. The fourth-order valence-electron chi connectivity index (χ4n) is 4.49. The first-order chi connectivity index (χ1) is 19.4. The van der Waals surface area contributed by atoms with Gasteiger partial charge in [0.1, 0.15) is 16.2 Å². The number of alkyl halides is 3. The van der Waals surface area contributed by atoms with Crippen LogP contribution < -0.4 is 14.4 Å². The lowest BCUT2D eigenvalue weighted by Gasteiger charge is -2.34. The maximum Gasteiger partial charge on any atom is 0.423 e. The van der Waals surface area contributed by atoms with E-state index < -0.39 is 39.3 Å². The van der Waals surface area contributed by atoms with Gasteiger partial charge >= 0.3 is 6.18 Å². The van der Waals surface area contributed by atoms with Gasteiger partial charge in [0.05, 0.1) is 11.9 Å². The molecule has 5 rings (SSSR count). The number of sulfonamides is 1. The molecular weight excluding hydrogens is 559 g/mol. The second kappa shape index (κ2) is 11.0. The van der Waals surface area contributed by atoms with E-state index in [-0.39, 0.29) is 16.2 Å². The van der Waals surface area contributed by atoms with Crippen LogP contribution >= 0.6 is 0 Å². The van der Waals surface area contributed by atoms with Crippen molar-refractivity contribution < 1.29 is 26.3 Å². The van der Waals surface area contributed by atoms with Crippen molar-refractivity contribution in [2.75, 3.05) is 42.8 Å². The van der Waals surface area contributed by atoms with Gasteiger partial charge in [-0.05, 0) is 31.7 Å². The Morgan fingerprint density at radius 1 is 0.976 bits per heavy atom. The highest BCUT2D eigenvalue weighted by Gasteiger charge is 2.41. The van der Waals surface area contributed by atoms with Crippen LogP contribution in [-0.2, 0) is 23.2 Å². The molecule has 1 aliphatic rings. The summed E-state index contributed by atoms with van der Waals surface area (Å²) in [6, 6.07) is 13.1. The van der Waals surface area contributed by atoms with Gasteiger partial charge in [-0.25, -0.2) is 18.1 Å². The highest BCUT2D eigenvalue weighted by Crippen LogP contribution is 2.44. The van der Waals surface area contributed by atoms with Gasteiger partial charge < -0.3 is 14.5 Å². The molecule has 1 saturated heterocycles. The molecule has 10 nitrogen and oxygen atoms in total. The van der Waals surface area contributed by atoms with E-state index in [1.807, 2.05) is 13.1 Å². The van der Waals surface area contributed by atoms with Gasteiger partial charge in [-0.15, -0.1) is 0 Å². The summed E-state index contributed by atoms with van der Waals surface area (Å²) in [6.07, 6.45) is -2.57. The summed E-state index contributed by atoms with van der Waals surface area (Å²) in [7, 11) is -0.713. The van der Waals surface area contributed by atoms with Gasteiger partial charge in [0.15, 0.2) is 0 Å². The molecular formula is C27H28F3N7O3S. The third kappa shape index (κ3) is 6.28. The predicted molar refractivity (Wildman–Crippen MR) is 147 cm³/mol. The van der Waals surface area contributed by atoms with E-state index in [2.05, 4.69) is 29.6 Å². The molecule has 0 bridgehead atoms. The smallest absolute Gasteiger partial charge is 0.423 e. The molecule has 1 fully saturated rings. The highest BCUT2D eigenvalue weighted by atomic mass is 32.2. The molecule has 1 N–H and O–H groups in total. The number of nitrogens with zero attached hydrogens (tertiary/aromatic N) is 6. The average molecular weight is 588 g/mol. The van der Waals surface area contributed by atoms with E-state index in [4.69, 9.17) is 4.74 Å². The number of hydrogen-bond donors (Lipinski definition) is 1. The van der Waals surface area contributed by atoms with Crippen LogP contribution in [0, 0.1) is 6.92 Å². The van der Waals surface area contributed by atoms with Gasteiger partial charge in [-0.3, -0.25) is 4.68 Å². The summed E-state index contributed by atoms with van der Waals surface area (Å²) >= 11 is 0. The summed E-state index contributed by atoms with van der Waals surface area (Å²) in [5.41, 5.74) is -0.295. The van der Waals surface area contributed by atoms with Crippen LogP contribution in [0.1, 0.15) is 11.1 Å². The first-order valence-corrected chi connectivity index (χ1v) is 14.2. The predicted octanol–water partition coefficient (Wildman–Crippen LogP) is 4.55. The molecule has 1 aliphatic heterocycles. The number of ether oxygens (including phenoxy) is 1. The number of hydrogen-bond acceptors (Lipinski definition) is 8. The number of rotatable bonds is 7. The number of benzene rings is 2. The van der Waals surface area contributed by atoms with Crippen molar-refractivity contribution in [2.45, 2.75) is 18.0 Å². The summed E-state index contributed by atoms with van der Waals surface area (Å²) in [4.78, 5) is 12.1. The zero-order valence-corrected chi connectivity index (χ0v) is 23.4. The number of halogens is 3. The minimum Gasteiger partial charge on any atom is -0.438 e. The van der Waals surface area contributed by atoms with Gasteiger partial charge in [0, 0.05) is 56.7 Å². The molecule has 2 aromatic heterocycles. The molecule has 41 heavy (non-hydrogen) atoms. The number of aryl methyl sites for hydroxylation is 2. The maximum atomic E-state index is 14.7. The molecule has 0 aliphatic carbocycles. The van der Waals surface area contributed by atoms with E-state index in [1.165, 1.54) is 30.1 Å². The SMILES string of the molecule is Cc1ccccc1-c1nc(NS(=O)(=O)c2cnn(C)c2)nc(Oc2cccc(N3CCN(C)CC3)c2)c1C(F)(F)F. The van der Waals surface area contributed by atoms with Crippen LogP contribution in [0.25, 0.3) is 11.3 Å². The quantitative estimate of drug-likeness (QED) is 0.336. The van der Waals surface area contributed by atoms with E-state index in [1.54, 1.807) is 37.3 Å². The van der Waals surface area contributed by atoms with Gasteiger partial charge in [0.2, 0.25) is 11.8 Å². The van der Waals surface area contributed by atoms with E-state index in [0.29, 0.717) is 5.56 Å². The number of likely N-dealkylation sites (N-methyl/N-ethyl adjacent to an activating group) is 1. The lowest BCUT2D eigenvalue weighted by Crippen LogP contribution is -2.44. The van der Waals surface area contributed by atoms with Crippen molar-refractivity contribution in [1.82, 2.24) is 24.6 Å². The molecule has 4 aromatic rings. The lowest BCUT2D eigenvalue weighted by atomic mass is 10.0. The van der Waals surface area contributed by atoms with Crippen LogP contribution in [-0.4, -0.2) is 66.3 Å². The van der Waals surface area contributed by atoms with Crippen LogP contribution in [0.15, 0.2) is 65.8 Å². The minimum absolute atomic E-state index is 0.113. The Kier molecular flexibility index (Phi) is 7.62. The van der Waals surface area contributed by atoms with E-state index >= 15 is 0 Å². The molecule has 0 atom stereocenters. The number of piperazine rings is 1. The number of anilines is 2. The third-order valence-corrected chi connectivity index (χ3v) is 7.96. The first-order valence-electron chi connectivity index (χ1n) is 12.7. The molecule has 0 unspecified atom stereocenters. The molecule has 0 radical (unpaired) electrons. The summed E-state index contributed by atoms with van der Waals surface area (Å²) in [6.45, 7) is 4.82. The molecule has 14 heteroatoms. The normalized spacial score (nSPS) is 14.7. The Balaban J connectivity index is 1.62.